The van der Waals surface area contributed by atoms with Crippen LogP contribution in [0.1, 0.15) is 11.3 Å². The molecule has 3 aromatic heterocycles. The predicted octanol–water partition coefficient (Wildman–Crippen LogP) is 0.291. The van der Waals surface area contributed by atoms with Gasteiger partial charge in [-0.2, -0.15) is 0 Å². The number of amides is 2. The van der Waals surface area contributed by atoms with Gasteiger partial charge in [0.15, 0.2) is 23.0 Å². The maximum absolute atomic E-state index is 13.2. The number of β-lactam (4-membered cyclic amide) rings is 1. The number of carboxylic acid groups (broad SMARTS) is 1. The molecule has 0 spiro atoms. The Labute approximate surface area is 267 Å². The van der Waals surface area contributed by atoms with E-state index in [4.69, 9.17) is 28.8 Å². The zero-order valence-electron chi connectivity index (χ0n) is 23.1. The lowest BCUT2D eigenvalue weighted by molar-refractivity contribution is -0.661. The van der Waals surface area contributed by atoms with Gasteiger partial charge in [0.25, 0.3) is 11.8 Å². The molecule has 0 radical (unpaired) electrons. The quantitative estimate of drug-likeness (QED) is 0.0355. The number of guanidine groups is 1. The number of anilines is 1. The highest BCUT2D eigenvalue weighted by Crippen LogP contribution is 2.41. The van der Waals surface area contributed by atoms with Crippen LogP contribution in [-0.2, 0) is 27.5 Å². The lowest BCUT2D eigenvalue weighted by Crippen LogP contribution is -2.71. The zero-order chi connectivity index (χ0) is 32.0. The molecule has 2 aliphatic rings. The fourth-order valence-electron chi connectivity index (χ4n) is 5.20. The van der Waals surface area contributed by atoms with Gasteiger partial charge in [0.2, 0.25) is 0 Å². The van der Waals surface area contributed by atoms with Gasteiger partial charge < -0.3 is 32.8 Å². The third-order valence-corrected chi connectivity index (χ3v) is 9.59. The minimum atomic E-state index is -1.26. The van der Waals surface area contributed by atoms with Crippen molar-refractivity contribution >= 4 is 80.6 Å². The highest BCUT2D eigenvalue weighted by Gasteiger charge is 2.54. The molecule has 0 unspecified atom stereocenters. The Kier molecular flexibility index (Phi) is 7.85. The summed E-state index contributed by atoms with van der Waals surface area (Å²) in [6.45, 7) is 0.780. The molecule has 1 fully saturated rings. The number of fused-ring (bicyclic) bond motifs is 2. The number of benzene rings is 1. The van der Waals surface area contributed by atoms with Crippen molar-refractivity contribution in [1.29, 1.82) is 0 Å². The van der Waals surface area contributed by atoms with E-state index in [1.54, 1.807) is 0 Å². The molecule has 1 aromatic carbocycles. The number of nitrogens with zero attached hydrogens (tertiary/aromatic N) is 7. The van der Waals surface area contributed by atoms with Crippen molar-refractivity contribution in [3.8, 4) is 0 Å². The summed E-state index contributed by atoms with van der Waals surface area (Å²) < 4.78 is 5.82. The van der Waals surface area contributed by atoms with Gasteiger partial charge in [-0.1, -0.05) is 40.2 Å². The van der Waals surface area contributed by atoms with E-state index >= 15 is 0 Å². The second-order valence-electron chi connectivity index (χ2n) is 9.99. The van der Waals surface area contributed by atoms with E-state index in [-0.39, 0.29) is 33.4 Å². The number of thioether (sulfide) groups is 1. The molecule has 232 valence electrons. The van der Waals surface area contributed by atoms with Gasteiger partial charge in [-0.3, -0.25) is 14.5 Å². The van der Waals surface area contributed by atoms with E-state index in [2.05, 4.69) is 20.4 Å². The number of aliphatic imine (C=N–C) groups is 1. The molecule has 6 rings (SSSR count). The van der Waals surface area contributed by atoms with E-state index < -0.39 is 34.9 Å². The first-order valence-electron chi connectivity index (χ1n) is 13.1. The molecule has 9 N–H and O–H groups in total. The number of hydrogen-bond acceptors (Lipinski definition) is 10. The number of carboxylic acids is 1. The lowest BCUT2D eigenvalue weighted by atomic mass is 10.0. The molecule has 4 aromatic rings. The first-order chi connectivity index (χ1) is 21.5. The minimum Gasteiger partial charge on any atom is -0.477 e. The Bertz CT molecular complexity index is 1940. The van der Waals surface area contributed by atoms with Crippen molar-refractivity contribution in [2.75, 3.05) is 11.5 Å². The minimum absolute atomic E-state index is 0.0167. The maximum atomic E-state index is 13.2. The van der Waals surface area contributed by atoms with Crippen LogP contribution in [0.15, 0.2) is 70.3 Å². The van der Waals surface area contributed by atoms with Crippen molar-refractivity contribution in [2.24, 2.45) is 21.6 Å². The number of thiazole rings is 1. The number of oxime groups is 1. The fourth-order valence-corrected chi connectivity index (χ4v) is 7.46. The van der Waals surface area contributed by atoms with Crippen LogP contribution in [-0.4, -0.2) is 76.0 Å². The number of halogens is 1. The van der Waals surface area contributed by atoms with E-state index in [1.807, 2.05) is 62.7 Å². The summed E-state index contributed by atoms with van der Waals surface area (Å²) in [6, 6.07) is 8.35. The zero-order valence-corrected chi connectivity index (χ0v) is 25.5. The number of rotatable bonds is 9. The Balaban J connectivity index is 1.18. The molecule has 5 heterocycles. The summed E-state index contributed by atoms with van der Waals surface area (Å²) in [6.07, 6.45) is 5.62. The molecule has 0 bridgehead atoms. The Morgan fingerprint density at radius 3 is 2.60 bits per heavy atom. The lowest BCUT2D eigenvalue weighted by Gasteiger charge is -2.49. The highest BCUT2D eigenvalue weighted by atomic mass is 35.5. The molecule has 2 atom stereocenters. The smallest absolute Gasteiger partial charge is 0.352 e. The summed E-state index contributed by atoms with van der Waals surface area (Å²) in [7, 11) is 0. The molecule has 2 aliphatic heterocycles. The van der Waals surface area contributed by atoms with Crippen LogP contribution in [0.2, 0.25) is 4.34 Å². The fraction of sp³-hybridized carbons (Fsp3) is 0.192. The summed E-state index contributed by atoms with van der Waals surface area (Å²) in [5.41, 5.74) is 18.8. The van der Waals surface area contributed by atoms with Crippen molar-refractivity contribution in [2.45, 2.75) is 24.5 Å². The molecule has 0 saturated carbocycles. The first kappa shape index (κ1) is 30.0. The second-order valence-corrected chi connectivity index (χ2v) is 12.7. The normalized spacial score (nSPS) is 18.1. The second kappa shape index (κ2) is 11.8. The topological polar surface area (TPSA) is 236 Å². The van der Waals surface area contributed by atoms with Crippen LogP contribution in [0.25, 0.3) is 5.65 Å². The molecule has 0 aliphatic carbocycles. The third-order valence-electron chi connectivity index (χ3n) is 7.17. The number of nitrogens with one attached hydrogen (secondary N) is 1. The SMILES string of the molecule is NC(N)=Nc1ccc(C[n+]2ccn3c2ccn3CC2=C(C(=O)O)N3C(=O)[C@@H](NC(=O)/C(=N\O)c4nc(N)sc4Cl)[C@H]3SC2)cc1. The average molecular weight is 671 g/mol. The van der Waals surface area contributed by atoms with Crippen LogP contribution in [0, 0.1) is 0 Å². The predicted molar refractivity (Wildman–Crippen MR) is 166 cm³/mol. The summed E-state index contributed by atoms with van der Waals surface area (Å²) >= 11 is 8.25. The van der Waals surface area contributed by atoms with Crippen LogP contribution in [0.4, 0.5) is 10.8 Å². The standard InChI is InChI=1S/C26H24ClN11O5S2/c27-20-16(33-26(30)45-20)17(34-43)21(39)32-18-22(40)38-19(24(41)42)13(11-44-23(18)38)10-36-6-5-15-35(7-8-37(15)36)9-12-1-3-14(4-2-12)31-25(28)29/h1-8,18,23H,9-11H2,(H8-,28,29,30,31,32,33,39,41,42,43)/p+1/t18-,23-/m1/s1. The van der Waals surface area contributed by atoms with Crippen molar-refractivity contribution < 1.29 is 29.3 Å². The largest absolute Gasteiger partial charge is 0.477 e. The van der Waals surface area contributed by atoms with E-state index in [1.165, 1.54) is 16.7 Å². The van der Waals surface area contributed by atoms with E-state index in [0.29, 0.717) is 23.6 Å². The maximum Gasteiger partial charge on any atom is 0.352 e. The third kappa shape index (κ3) is 5.54. The van der Waals surface area contributed by atoms with Crippen LogP contribution < -0.4 is 27.1 Å². The molecule has 2 amide bonds. The van der Waals surface area contributed by atoms with Gasteiger partial charge in [0.05, 0.1) is 24.5 Å². The molecule has 45 heavy (non-hydrogen) atoms. The number of aromatic nitrogens is 4. The molecular weight excluding hydrogens is 646 g/mol. The van der Waals surface area contributed by atoms with Crippen molar-refractivity contribution in [1.82, 2.24) is 24.4 Å². The number of carbonyl (C=O) groups is 3. The van der Waals surface area contributed by atoms with Gasteiger partial charge in [-0.25, -0.2) is 24.0 Å². The summed E-state index contributed by atoms with van der Waals surface area (Å²) in [5, 5.41) is 24.4. The molecular formula is C26H25ClN11O5S2+. The van der Waals surface area contributed by atoms with Gasteiger partial charge in [0.1, 0.15) is 39.9 Å². The van der Waals surface area contributed by atoms with E-state index in [0.717, 1.165) is 22.5 Å². The average Bonchev–Trinajstić information content (AvgIpc) is 3.68. The molecule has 1 saturated heterocycles. The van der Waals surface area contributed by atoms with Gasteiger partial charge >= 0.3 is 11.6 Å². The Hall–Kier alpha value is -5.07. The number of imidazole rings is 1. The van der Waals surface area contributed by atoms with Crippen LogP contribution in [0.3, 0.4) is 0 Å². The van der Waals surface area contributed by atoms with Crippen molar-refractivity contribution in [3.05, 3.63) is 75.8 Å². The monoisotopic (exact) mass is 670 g/mol. The summed E-state index contributed by atoms with van der Waals surface area (Å²) in [4.78, 5) is 47.6. The highest BCUT2D eigenvalue weighted by molar-refractivity contribution is 8.00. The number of nitrogens with two attached hydrogens (primary N) is 3. The summed E-state index contributed by atoms with van der Waals surface area (Å²) in [5.74, 6) is -2.50. The Morgan fingerprint density at radius 2 is 1.96 bits per heavy atom. The van der Waals surface area contributed by atoms with Gasteiger partial charge in [-0.05, 0) is 23.3 Å². The number of hydrogen-bond donors (Lipinski definition) is 6. The number of aliphatic carboxylic acids is 1. The van der Waals surface area contributed by atoms with Gasteiger partial charge in [0, 0.05) is 5.75 Å². The molecule has 19 heteroatoms. The van der Waals surface area contributed by atoms with Crippen molar-refractivity contribution in [3.63, 3.8) is 0 Å². The first-order valence-corrected chi connectivity index (χ1v) is 15.4. The van der Waals surface area contributed by atoms with Crippen LogP contribution >= 0.6 is 34.7 Å². The number of carbonyl (C=O) groups excluding carboxylic acids is 2. The number of nitrogen functional groups attached to an aromatic ring is 1. The van der Waals surface area contributed by atoms with E-state index in [9.17, 15) is 24.7 Å². The van der Waals surface area contributed by atoms with Crippen LogP contribution in [0.5, 0.6) is 0 Å². The Morgan fingerprint density at radius 1 is 1.20 bits per heavy atom. The van der Waals surface area contributed by atoms with Gasteiger partial charge in [-0.15, -0.1) is 16.3 Å². The molecule has 16 nitrogen and oxygen atoms in total.